The minimum Gasteiger partial charge on any atom is -0.870 e. The van der Waals surface area contributed by atoms with Crippen LogP contribution in [0.3, 0.4) is 0 Å². The predicted molar refractivity (Wildman–Crippen MR) is 39.1 cm³/mol. The summed E-state index contributed by atoms with van der Waals surface area (Å²) in [5.41, 5.74) is 0. The van der Waals surface area contributed by atoms with Crippen LogP contribution in [0.4, 0.5) is 0 Å². The summed E-state index contributed by atoms with van der Waals surface area (Å²) in [4.78, 5) is 0. The zero-order valence-corrected chi connectivity index (χ0v) is 11.9. The van der Waals surface area contributed by atoms with Crippen molar-refractivity contribution in [3.8, 4) is 0 Å². The Morgan fingerprint density at radius 3 is 1.11 bits per heavy atom. The quantitative estimate of drug-likeness (QED) is 0.609. The van der Waals surface area contributed by atoms with Crippen LogP contribution in [-0.4, -0.2) is 25.2 Å². The summed E-state index contributed by atoms with van der Waals surface area (Å²) in [6, 6.07) is 0. The minimum absolute atomic E-state index is 0. The smallest absolute Gasteiger partial charge is 0.870 e. The van der Waals surface area contributed by atoms with Crippen molar-refractivity contribution in [1.29, 1.82) is 0 Å². The molecule has 0 aromatic rings. The first-order valence-corrected chi connectivity index (χ1v) is 9.24. The molecule has 1 N–H and O–H groups in total. The molecular weight excluding hydrogens is 230 g/mol. The first-order valence-electron chi connectivity index (χ1n) is 3.18. The molecule has 0 aromatic carbocycles. The molecule has 0 rings (SSSR count). The molecule has 51 valence electrons. The van der Waals surface area contributed by atoms with E-state index in [-0.39, 0.29) is 35.0 Å². The molecule has 1 nitrogen and oxygen atoms in total. The molecule has 1 radical (unpaired) electrons. The maximum absolute atomic E-state index is 2.35. The van der Waals surface area contributed by atoms with E-state index in [0.717, 1.165) is 0 Å². The Morgan fingerprint density at radius 1 is 0.889 bits per heavy atom. The van der Waals surface area contributed by atoms with Crippen molar-refractivity contribution in [2.75, 3.05) is 0 Å². The molecule has 0 aromatic heterocycles. The molecule has 0 aliphatic carbocycles. The fourth-order valence-corrected chi connectivity index (χ4v) is 5.03. The Labute approximate surface area is 87.9 Å². The molecule has 0 aliphatic heterocycles. The molecule has 0 fully saturated rings. The number of hydrogen-bond acceptors (Lipinski definition) is 1. The van der Waals surface area contributed by atoms with Crippen LogP contribution < -0.4 is 29.6 Å². The van der Waals surface area contributed by atoms with Crippen molar-refractivity contribution in [1.82, 2.24) is 0 Å². The Balaban J connectivity index is -0.000000180. The van der Waals surface area contributed by atoms with Gasteiger partial charge in [-0.25, -0.2) is 0 Å². The van der Waals surface area contributed by atoms with Crippen LogP contribution >= 0.6 is 0 Å². The van der Waals surface area contributed by atoms with Gasteiger partial charge in [-0.3, -0.25) is 0 Å². The first kappa shape index (κ1) is 17.0. The van der Waals surface area contributed by atoms with Crippen molar-refractivity contribution in [2.45, 2.75) is 34.1 Å². The van der Waals surface area contributed by atoms with E-state index in [0.29, 0.717) is 0 Å². The average Bonchev–Trinajstić information content (AvgIpc) is 1.72. The fourth-order valence-electron chi connectivity index (χ4n) is 0.750. The van der Waals surface area contributed by atoms with Crippen LogP contribution in [0.2, 0.25) is 13.3 Å². The van der Waals surface area contributed by atoms with E-state index < -0.39 is 19.8 Å². The van der Waals surface area contributed by atoms with Crippen LogP contribution in [0.15, 0.2) is 0 Å². The monoisotopic (exact) mass is 247 g/mol. The molecule has 0 bridgehead atoms. The molecule has 0 amide bonds. The summed E-state index contributed by atoms with van der Waals surface area (Å²) in [6.07, 6.45) is 0. The van der Waals surface area contributed by atoms with E-state index in [2.05, 4.69) is 20.8 Å². The minimum atomic E-state index is -0.653. The van der Waals surface area contributed by atoms with Crippen molar-refractivity contribution < 1.29 is 35.0 Å². The third kappa shape index (κ3) is 9.76. The number of rotatable bonds is 3. The third-order valence-electron chi connectivity index (χ3n) is 1.50. The van der Waals surface area contributed by atoms with Gasteiger partial charge in [-0.2, -0.15) is 0 Å². The van der Waals surface area contributed by atoms with E-state index in [1.54, 1.807) is 13.3 Å². The molecule has 0 saturated carbocycles. The number of hydrogen-bond donors (Lipinski definition) is 0. The Morgan fingerprint density at radius 2 is 1.11 bits per heavy atom. The summed E-state index contributed by atoms with van der Waals surface area (Å²) in [5.74, 6) is 0. The van der Waals surface area contributed by atoms with Gasteiger partial charge in [-0.05, 0) is 0 Å². The van der Waals surface area contributed by atoms with Gasteiger partial charge in [-0.1, -0.05) is 0 Å². The van der Waals surface area contributed by atoms with Gasteiger partial charge in [-0.15, -0.1) is 0 Å². The van der Waals surface area contributed by atoms with Crippen LogP contribution in [0.5, 0.6) is 0 Å². The first-order chi connectivity index (χ1) is 3.35. The molecule has 9 heavy (non-hydrogen) atoms. The second kappa shape index (κ2) is 12.4. The van der Waals surface area contributed by atoms with Crippen molar-refractivity contribution in [2.24, 2.45) is 0 Å². The molecule has 0 spiro atoms. The van der Waals surface area contributed by atoms with Gasteiger partial charge >= 0.3 is 83.4 Å². The maximum Gasteiger partial charge on any atom is 1.00 e. The van der Waals surface area contributed by atoms with Crippen molar-refractivity contribution in [3.05, 3.63) is 0 Å². The standard InChI is InChI=1S/3C2H5.Na.H2O.Sn/c3*1-2;;;/h3*1H2,2H3;;1H2;/q;;;+1;;/p-1. The zero-order chi connectivity index (χ0) is 5.70. The zero-order valence-electron chi connectivity index (χ0n) is 7.07. The summed E-state index contributed by atoms with van der Waals surface area (Å²) in [7, 11) is 0. The van der Waals surface area contributed by atoms with Gasteiger partial charge in [0.05, 0.1) is 0 Å². The van der Waals surface area contributed by atoms with Gasteiger partial charge in [0.15, 0.2) is 0 Å². The largest absolute Gasteiger partial charge is 1.00 e. The van der Waals surface area contributed by atoms with E-state index in [1.807, 2.05) is 0 Å². The van der Waals surface area contributed by atoms with Crippen molar-refractivity contribution in [3.63, 3.8) is 0 Å². The van der Waals surface area contributed by atoms with Gasteiger partial charge in [0, 0.05) is 0 Å². The molecule has 0 heterocycles. The maximum atomic E-state index is 2.35. The van der Waals surface area contributed by atoms with Gasteiger partial charge in [0.25, 0.3) is 0 Å². The van der Waals surface area contributed by atoms with E-state index in [1.165, 1.54) is 0 Å². The molecule has 0 aliphatic rings. The van der Waals surface area contributed by atoms with Gasteiger partial charge in [0.1, 0.15) is 0 Å². The van der Waals surface area contributed by atoms with Crippen LogP contribution in [-0.2, 0) is 0 Å². The summed E-state index contributed by atoms with van der Waals surface area (Å²) in [6.45, 7) is 7.05. The second-order valence-corrected chi connectivity index (χ2v) is 12.1. The van der Waals surface area contributed by atoms with Crippen molar-refractivity contribution >= 4 is 19.8 Å². The van der Waals surface area contributed by atoms with Crippen LogP contribution in [0.25, 0.3) is 0 Å². The summed E-state index contributed by atoms with van der Waals surface area (Å²) < 4.78 is 4.65. The third-order valence-corrected chi connectivity index (χ3v) is 10.1. The Hall–Kier alpha value is 1.76. The fraction of sp³-hybridized carbons (Fsp3) is 1.00. The predicted octanol–water partition coefficient (Wildman–Crippen LogP) is -0.632. The topological polar surface area (TPSA) is 30.0 Å². The molecular formula is C6H16NaOSn. The summed E-state index contributed by atoms with van der Waals surface area (Å²) in [5, 5.41) is 0. The van der Waals surface area contributed by atoms with E-state index in [4.69, 9.17) is 0 Å². The van der Waals surface area contributed by atoms with E-state index >= 15 is 0 Å². The Kier molecular flexibility index (Phi) is 23.5. The SMILES string of the molecule is C[CH2][Sn]([CH2]C)[CH2]C.[Na+].[OH-]. The van der Waals surface area contributed by atoms with Gasteiger partial charge in [0.2, 0.25) is 0 Å². The second-order valence-electron chi connectivity index (χ2n) is 1.81. The van der Waals surface area contributed by atoms with E-state index in [9.17, 15) is 0 Å². The van der Waals surface area contributed by atoms with Gasteiger partial charge < -0.3 is 5.48 Å². The molecule has 0 saturated heterocycles. The van der Waals surface area contributed by atoms with Crippen LogP contribution in [0, 0.1) is 0 Å². The molecule has 3 heteroatoms. The van der Waals surface area contributed by atoms with Crippen LogP contribution in [0.1, 0.15) is 20.8 Å². The summed E-state index contributed by atoms with van der Waals surface area (Å²) >= 11 is -0.653. The Bertz CT molecular complexity index is 34.5. The molecule has 0 unspecified atom stereocenters. The average molecular weight is 246 g/mol. The molecule has 0 atom stereocenters. The normalized spacial score (nSPS) is 8.00.